The molecule has 1 aromatic carbocycles. The van der Waals surface area contributed by atoms with Gasteiger partial charge in [0, 0.05) is 26.2 Å². The first-order valence-corrected chi connectivity index (χ1v) is 10.2. The molecule has 4 unspecified atom stereocenters. The summed E-state index contributed by atoms with van der Waals surface area (Å²) in [6, 6.07) is 5.82. The first-order valence-electron chi connectivity index (χ1n) is 10.2. The molecule has 9 heteroatoms. The Hall–Kier alpha value is -2.13. The van der Waals surface area contributed by atoms with Crippen molar-refractivity contribution in [2.45, 2.75) is 64.2 Å². The number of carbonyl (C=O) groups is 2. The number of benzene rings is 1. The number of alkyl halides is 3. The van der Waals surface area contributed by atoms with Crippen LogP contribution in [0.2, 0.25) is 0 Å². The maximum absolute atomic E-state index is 12.8. The molecule has 2 heterocycles. The van der Waals surface area contributed by atoms with Crippen LogP contribution in [0.3, 0.4) is 0 Å². The van der Waals surface area contributed by atoms with Crippen LogP contribution in [0.15, 0.2) is 24.3 Å². The highest BCUT2D eigenvalue weighted by Crippen LogP contribution is 2.28. The van der Waals surface area contributed by atoms with Crippen molar-refractivity contribution in [2.75, 3.05) is 13.1 Å². The number of amides is 2. The van der Waals surface area contributed by atoms with Crippen molar-refractivity contribution in [3.8, 4) is 0 Å². The summed E-state index contributed by atoms with van der Waals surface area (Å²) in [4.78, 5) is 26.7. The van der Waals surface area contributed by atoms with Crippen LogP contribution in [-0.2, 0) is 27.4 Å². The molecule has 0 radical (unpaired) electrons. The minimum Gasteiger partial charge on any atom is -0.373 e. The second-order valence-electron chi connectivity index (χ2n) is 8.17. The molecule has 6 nitrogen and oxygen atoms in total. The van der Waals surface area contributed by atoms with Crippen molar-refractivity contribution >= 4 is 11.8 Å². The van der Waals surface area contributed by atoms with Gasteiger partial charge in [0.05, 0.1) is 12.2 Å². The van der Waals surface area contributed by atoms with Crippen LogP contribution in [0.4, 0.5) is 13.2 Å². The summed E-state index contributed by atoms with van der Waals surface area (Å²) in [5.41, 5.74) is 1.98. The molecule has 2 fully saturated rings. The highest BCUT2D eigenvalue weighted by Gasteiger charge is 2.45. The molecule has 1 aromatic rings. The smallest absolute Gasteiger partial charge is 0.373 e. The number of hydrogen-bond donors (Lipinski definition) is 2. The molecule has 2 saturated heterocycles. The monoisotopic (exact) mass is 427 g/mol. The Morgan fingerprint density at radius 1 is 1.17 bits per heavy atom. The Kier molecular flexibility index (Phi) is 7.02. The molecule has 0 aromatic heterocycles. The van der Waals surface area contributed by atoms with Crippen molar-refractivity contribution in [3.63, 3.8) is 0 Å². The zero-order valence-corrected chi connectivity index (χ0v) is 17.2. The van der Waals surface area contributed by atoms with Gasteiger partial charge in [0.2, 0.25) is 11.8 Å². The molecule has 0 spiro atoms. The maximum atomic E-state index is 12.8. The second kappa shape index (κ2) is 9.34. The molecule has 0 aliphatic carbocycles. The van der Waals surface area contributed by atoms with Gasteiger partial charge in [-0.2, -0.15) is 13.2 Å². The number of rotatable bonds is 5. The number of ether oxygens (including phenoxy) is 1. The van der Waals surface area contributed by atoms with Crippen LogP contribution in [0.5, 0.6) is 0 Å². The van der Waals surface area contributed by atoms with E-state index in [1.165, 1.54) is 0 Å². The number of nitrogens with zero attached hydrogens (tertiary/aromatic N) is 1. The predicted molar refractivity (Wildman–Crippen MR) is 104 cm³/mol. The zero-order valence-electron chi connectivity index (χ0n) is 17.2. The lowest BCUT2D eigenvalue weighted by atomic mass is 9.92. The Morgan fingerprint density at radius 3 is 2.40 bits per heavy atom. The van der Waals surface area contributed by atoms with Crippen LogP contribution in [-0.4, -0.2) is 54.2 Å². The van der Waals surface area contributed by atoms with Gasteiger partial charge in [-0.05, 0) is 37.8 Å². The molecule has 4 atom stereocenters. The molecule has 30 heavy (non-hydrogen) atoms. The Bertz CT molecular complexity index is 761. The molecular weight excluding hydrogens is 399 g/mol. The van der Waals surface area contributed by atoms with E-state index in [4.69, 9.17) is 4.74 Å². The summed E-state index contributed by atoms with van der Waals surface area (Å²) >= 11 is 0. The van der Waals surface area contributed by atoms with E-state index >= 15 is 0 Å². The van der Waals surface area contributed by atoms with E-state index in [0.29, 0.717) is 6.54 Å². The van der Waals surface area contributed by atoms with Gasteiger partial charge >= 0.3 is 6.18 Å². The highest BCUT2D eigenvalue weighted by atomic mass is 19.4. The lowest BCUT2D eigenvalue weighted by molar-refractivity contribution is -0.171. The van der Waals surface area contributed by atoms with E-state index in [0.717, 1.165) is 24.2 Å². The van der Waals surface area contributed by atoms with E-state index in [2.05, 4.69) is 10.2 Å². The van der Waals surface area contributed by atoms with E-state index in [1.807, 2.05) is 43.4 Å². The molecular formula is C21H28F3N3O3. The highest BCUT2D eigenvalue weighted by molar-refractivity contribution is 6.00. The first-order chi connectivity index (χ1) is 14.1. The summed E-state index contributed by atoms with van der Waals surface area (Å²) in [6.07, 6.45) is -4.62. The summed E-state index contributed by atoms with van der Waals surface area (Å²) in [7, 11) is 0. The minimum atomic E-state index is -4.50. The van der Waals surface area contributed by atoms with Crippen LogP contribution < -0.4 is 10.6 Å². The van der Waals surface area contributed by atoms with Crippen LogP contribution in [0.25, 0.3) is 0 Å². The third kappa shape index (κ3) is 5.72. The van der Waals surface area contributed by atoms with Gasteiger partial charge in [0.1, 0.15) is 12.0 Å². The molecule has 2 aliphatic rings. The summed E-state index contributed by atoms with van der Waals surface area (Å²) < 4.78 is 44.1. The van der Waals surface area contributed by atoms with E-state index in [-0.39, 0.29) is 31.6 Å². The molecule has 0 bridgehead atoms. The standard InChI is InChI=1S/C21H28F3N3O3/c1-13-10-27(11-14(2)30-13)12-16-6-4-3-5-15(16)9-25-19(28)17-7-8-18(21(22,23)24)26-20(17)29/h3-6,13-14,17-18H,7-12H2,1-2H3,(H,25,28)(H,26,29). The largest absolute Gasteiger partial charge is 0.408 e. The SMILES string of the molecule is CC1CN(Cc2ccccc2CNC(=O)C2CCC(C(F)(F)F)NC2=O)CC(C)O1. The van der Waals surface area contributed by atoms with Gasteiger partial charge in [-0.3, -0.25) is 14.5 Å². The van der Waals surface area contributed by atoms with Crippen LogP contribution in [0.1, 0.15) is 37.8 Å². The van der Waals surface area contributed by atoms with E-state index < -0.39 is 30.0 Å². The molecule has 2 aliphatic heterocycles. The average molecular weight is 427 g/mol. The number of carbonyl (C=O) groups excluding carboxylic acids is 2. The third-order valence-electron chi connectivity index (χ3n) is 5.55. The van der Waals surface area contributed by atoms with Crippen LogP contribution >= 0.6 is 0 Å². The summed E-state index contributed by atoms with van der Waals surface area (Å²) in [5, 5.41) is 4.64. The fourth-order valence-corrected chi connectivity index (χ4v) is 4.15. The molecule has 2 N–H and O–H groups in total. The minimum absolute atomic E-state index is 0.118. The Morgan fingerprint density at radius 2 is 1.80 bits per heavy atom. The lowest BCUT2D eigenvalue weighted by Gasteiger charge is -2.35. The fourth-order valence-electron chi connectivity index (χ4n) is 4.15. The number of halogens is 3. The van der Waals surface area contributed by atoms with E-state index in [9.17, 15) is 22.8 Å². The molecule has 2 amide bonds. The zero-order chi connectivity index (χ0) is 21.9. The van der Waals surface area contributed by atoms with Gasteiger partial charge < -0.3 is 15.4 Å². The Labute approximate surface area is 174 Å². The van der Waals surface area contributed by atoms with Crippen molar-refractivity contribution in [1.29, 1.82) is 0 Å². The quantitative estimate of drug-likeness (QED) is 0.708. The first kappa shape index (κ1) is 22.6. The van der Waals surface area contributed by atoms with Crippen molar-refractivity contribution in [1.82, 2.24) is 15.5 Å². The second-order valence-corrected chi connectivity index (χ2v) is 8.17. The molecule has 166 valence electrons. The number of nitrogens with one attached hydrogen (secondary N) is 2. The normalized spacial score (nSPS) is 28.1. The van der Waals surface area contributed by atoms with Gasteiger partial charge in [0.25, 0.3) is 0 Å². The number of piperidine rings is 1. The topological polar surface area (TPSA) is 70.7 Å². The van der Waals surface area contributed by atoms with Crippen LogP contribution in [0, 0.1) is 5.92 Å². The predicted octanol–water partition coefficient (Wildman–Crippen LogP) is 2.37. The third-order valence-corrected chi connectivity index (χ3v) is 5.55. The number of hydrogen-bond acceptors (Lipinski definition) is 4. The molecule has 0 saturated carbocycles. The number of morpholine rings is 1. The lowest BCUT2D eigenvalue weighted by Crippen LogP contribution is -2.54. The van der Waals surface area contributed by atoms with Gasteiger partial charge in [-0.25, -0.2) is 0 Å². The summed E-state index contributed by atoms with van der Waals surface area (Å²) in [5.74, 6) is -2.51. The van der Waals surface area contributed by atoms with Gasteiger partial charge in [-0.15, -0.1) is 0 Å². The van der Waals surface area contributed by atoms with Gasteiger partial charge in [-0.1, -0.05) is 24.3 Å². The van der Waals surface area contributed by atoms with Crippen molar-refractivity contribution in [3.05, 3.63) is 35.4 Å². The van der Waals surface area contributed by atoms with Crippen molar-refractivity contribution in [2.24, 2.45) is 5.92 Å². The van der Waals surface area contributed by atoms with Gasteiger partial charge in [0.15, 0.2) is 0 Å². The Balaban J connectivity index is 1.57. The molecule has 3 rings (SSSR count). The fraction of sp³-hybridized carbons (Fsp3) is 0.619. The maximum Gasteiger partial charge on any atom is 0.408 e. The van der Waals surface area contributed by atoms with E-state index in [1.54, 1.807) is 0 Å². The average Bonchev–Trinajstić information content (AvgIpc) is 2.65. The summed E-state index contributed by atoms with van der Waals surface area (Å²) in [6.45, 7) is 6.63. The van der Waals surface area contributed by atoms with Crippen molar-refractivity contribution < 1.29 is 27.5 Å².